The number of nitrogens with zero attached hydrogens (tertiary/aromatic N) is 2. The summed E-state index contributed by atoms with van der Waals surface area (Å²) in [5.41, 5.74) is 1.40. The molecule has 0 unspecified atom stereocenters. The molecular formula is C19H28N2OS. The van der Waals surface area contributed by atoms with Crippen LogP contribution in [0.15, 0.2) is 34.7 Å². The summed E-state index contributed by atoms with van der Waals surface area (Å²) in [7, 11) is 0. The molecule has 1 aromatic carbocycles. The average Bonchev–Trinajstić information content (AvgIpc) is 2.74. The van der Waals surface area contributed by atoms with Crippen molar-refractivity contribution in [3.63, 3.8) is 0 Å². The predicted molar refractivity (Wildman–Crippen MR) is 97.8 cm³/mol. The van der Waals surface area contributed by atoms with E-state index in [0.29, 0.717) is 17.8 Å². The third-order valence-corrected chi connectivity index (χ3v) is 6.44. The lowest BCUT2D eigenvalue weighted by molar-refractivity contribution is 0.136. The summed E-state index contributed by atoms with van der Waals surface area (Å²) in [5, 5.41) is 0. The Bertz CT molecular complexity index is 526. The lowest BCUT2D eigenvalue weighted by Crippen LogP contribution is -2.42. The molecule has 0 spiro atoms. The molecular weight excluding hydrogens is 304 g/mol. The summed E-state index contributed by atoms with van der Waals surface area (Å²) in [6.07, 6.45) is 4.60. The number of hydrogen-bond acceptors (Lipinski definition) is 3. The summed E-state index contributed by atoms with van der Waals surface area (Å²) in [6, 6.07) is 10.7. The van der Waals surface area contributed by atoms with Gasteiger partial charge in [0.25, 0.3) is 0 Å². The molecule has 0 radical (unpaired) electrons. The third-order valence-electron chi connectivity index (χ3n) is 5.08. The van der Waals surface area contributed by atoms with Crippen molar-refractivity contribution in [1.29, 1.82) is 0 Å². The molecule has 0 aromatic heterocycles. The number of likely N-dealkylation sites (tertiary alicyclic amines) is 1. The number of rotatable bonds is 4. The Morgan fingerprint density at radius 2 is 1.78 bits per heavy atom. The van der Waals surface area contributed by atoms with Gasteiger partial charge in [0.1, 0.15) is 16.1 Å². The van der Waals surface area contributed by atoms with Gasteiger partial charge < -0.3 is 4.55 Å². The van der Waals surface area contributed by atoms with Gasteiger partial charge in [0.15, 0.2) is 0 Å². The lowest BCUT2D eigenvalue weighted by Gasteiger charge is -2.36. The molecule has 1 saturated carbocycles. The Labute approximate surface area is 143 Å². The van der Waals surface area contributed by atoms with E-state index >= 15 is 0 Å². The van der Waals surface area contributed by atoms with E-state index in [2.05, 4.69) is 39.6 Å². The zero-order valence-corrected chi connectivity index (χ0v) is 15.3. The molecule has 1 aliphatic carbocycles. The molecule has 23 heavy (non-hydrogen) atoms. The van der Waals surface area contributed by atoms with Gasteiger partial charge in [-0.25, -0.2) is 0 Å². The normalized spacial score (nSPS) is 30.0. The first-order valence-electron chi connectivity index (χ1n) is 8.66. The van der Waals surface area contributed by atoms with Crippen LogP contribution in [-0.4, -0.2) is 33.5 Å². The van der Waals surface area contributed by atoms with Gasteiger partial charge >= 0.3 is 0 Å². The van der Waals surface area contributed by atoms with Crippen molar-refractivity contribution in [2.45, 2.75) is 44.9 Å². The summed E-state index contributed by atoms with van der Waals surface area (Å²) in [5.74, 6) is 1.88. The zero-order chi connectivity index (χ0) is 16.4. The van der Waals surface area contributed by atoms with E-state index in [1.807, 2.05) is 27.0 Å². The molecule has 2 bridgehead atoms. The average molecular weight is 333 g/mol. The quantitative estimate of drug-likeness (QED) is 0.623. The molecule has 3 rings (SSSR count). The highest BCUT2D eigenvalue weighted by Gasteiger charge is 2.41. The fourth-order valence-corrected chi connectivity index (χ4v) is 4.43. The maximum Gasteiger partial charge on any atom is 0.144 e. The highest BCUT2D eigenvalue weighted by Crippen LogP contribution is 2.41. The second-order valence-electron chi connectivity index (χ2n) is 7.97. The van der Waals surface area contributed by atoms with Crippen molar-refractivity contribution < 1.29 is 4.55 Å². The molecule has 0 amide bonds. The van der Waals surface area contributed by atoms with Crippen molar-refractivity contribution in [3.05, 3.63) is 35.9 Å². The van der Waals surface area contributed by atoms with Crippen molar-refractivity contribution in [1.82, 2.24) is 4.90 Å². The molecule has 1 aromatic rings. The van der Waals surface area contributed by atoms with Gasteiger partial charge in [0.05, 0.1) is 6.21 Å². The van der Waals surface area contributed by atoms with Gasteiger partial charge in [-0.2, -0.15) is 0 Å². The van der Waals surface area contributed by atoms with Gasteiger partial charge in [0.2, 0.25) is 0 Å². The van der Waals surface area contributed by atoms with E-state index in [1.54, 1.807) is 0 Å². The minimum absolute atomic E-state index is 0.260. The highest BCUT2D eigenvalue weighted by molar-refractivity contribution is 7.91. The second kappa shape index (κ2) is 6.96. The Balaban J connectivity index is 1.60. The minimum atomic E-state index is -1.13. The van der Waals surface area contributed by atoms with Crippen LogP contribution in [-0.2, 0) is 17.9 Å². The largest absolute Gasteiger partial charge is 0.591 e. The molecule has 1 aliphatic heterocycles. The number of fused-ring (bicyclic) bond motifs is 2. The number of hydrogen-bond donors (Lipinski definition) is 0. The highest BCUT2D eigenvalue weighted by atomic mass is 32.2. The summed E-state index contributed by atoms with van der Waals surface area (Å²) < 4.78 is 16.3. The first-order chi connectivity index (χ1) is 10.9. The molecule has 1 heterocycles. The third kappa shape index (κ3) is 4.17. The molecule has 2 fully saturated rings. The first kappa shape index (κ1) is 17.0. The van der Waals surface area contributed by atoms with Crippen molar-refractivity contribution >= 4 is 17.6 Å². The van der Waals surface area contributed by atoms with E-state index in [4.69, 9.17) is 0 Å². The lowest BCUT2D eigenvalue weighted by atomic mass is 9.86. The molecule has 3 nitrogen and oxygen atoms in total. The van der Waals surface area contributed by atoms with E-state index in [9.17, 15) is 4.55 Å². The van der Waals surface area contributed by atoms with E-state index < -0.39 is 11.4 Å². The molecule has 4 atom stereocenters. The zero-order valence-electron chi connectivity index (χ0n) is 14.4. The van der Waals surface area contributed by atoms with Crippen LogP contribution in [0.1, 0.15) is 39.2 Å². The van der Waals surface area contributed by atoms with Crippen molar-refractivity contribution in [3.8, 4) is 0 Å². The van der Waals surface area contributed by atoms with Crippen LogP contribution in [0.25, 0.3) is 0 Å². The maximum atomic E-state index is 12.1. The number of benzene rings is 1. The maximum absolute atomic E-state index is 12.1. The van der Waals surface area contributed by atoms with Gasteiger partial charge in [-0.15, -0.1) is 0 Å². The Kier molecular flexibility index (Phi) is 5.14. The molecule has 126 valence electrons. The topological polar surface area (TPSA) is 38.7 Å². The Morgan fingerprint density at radius 1 is 1.17 bits per heavy atom. The minimum Gasteiger partial charge on any atom is -0.591 e. The fraction of sp³-hybridized carbons (Fsp3) is 0.632. The first-order valence-corrected chi connectivity index (χ1v) is 9.76. The Hall–Kier alpha value is -0.840. The van der Waals surface area contributed by atoms with Crippen LogP contribution < -0.4 is 0 Å². The standard InChI is InChI=1S/C19H28N2OS/c1-19(2,3)23(22)20-11-18-16-9-10-17(18)14-21(13-16)12-15-7-5-4-6-8-15/h4-8,11,16-18H,9-10,12-14H2,1-3H3/b20-11+/t16-,17+,18+,23-/m1/s1. The van der Waals surface area contributed by atoms with Gasteiger partial charge in [-0.3, -0.25) is 4.90 Å². The van der Waals surface area contributed by atoms with Crippen LogP contribution in [0, 0.1) is 17.8 Å². The predicted octanol–water partition coefficient (Wildman–Crippen LogP) is 3.68. The summed E-state index contributed by atoms with van der Waals surface area (Å²) in [4.78, 5) is 2.59. The van der Waals surface area contributed by atoms with Crippen LogP contribution in [0.3, 0.4) is 0 Å². The van der Waals surface area contributed by atoms with E-state index in [1.165, 1.54) is 18.4 Å². The van der Waals surface area contributed by atoms with Crippen LogP contribution in [0.2, 0.25) is 0 Å². The second-order valence-corrected chi connectivity index (χ2v) is 9.90. The molecule has 0 N–H and O–H groups in total. The Morgan fingerprint density at radius 3 is 2.35 bits per heavy atom. The van der Waals surface area contributed by atoms with Gasteiger partial charge in [-0.05, 0) is 51.0 Å². The molecule has 4 heteroatoms. The fourth-order valence-electron chi connectivity index (χ4n) is 3.86. The van der Waals surface area contributed by atoms with E-state index in [-0.39, 0.29) is 4.75 Å². The van der Waals surface area contributed by atoms with Crippen LogP contribution >= 0.6 is 0 Å². The monoisotopic (exact) mass is 332 g/mol. The molecule has 1 saturated heterocycles. The summed E-state index contributed by atoms with van der Waals surface area (Å²) >= 11 is -1.13. The smallest absolute Gasteiger partial charge is 0.144 e. The van der Waals surface area contributed by atoms with Gasteiger partial charge in [-0.1, -0.05) is 34.7 Å². The van der Waals surface area contributed by atoms with Gasteiger partial charge in [0, 0.05) is 25.6 Å². The SMILES string of the molecule is CC(C)(C)[S@@+]([O-])/N=C/[C@H]1[C@@H]2CC[C@H]1CN(Cc1ccccc1)C2. The van der Waals surface area contributed by atoms with Crippen LogP contribution in [0.5, 0.6) is 0 Å². The van der Waals surface area contributed by atoms with Crippen LogP contribution in [0.4, 0.5) is 0 Å². The summed E-state index contributed by atoms with van der Waals surface area (Å²) in [6.45, 7) is 9.28. The van der Waals surface area contributed by atoms with Crippen molar-refractivity contribution in [2.24, 2.45) is 22.2 Å². The number of piperidine rings is 1. The molecule has 2 aliphatic rings. The van der Waals surface area contributed by atoms with E-state index in [0.717, 1.165) is 19.6 Å². The van der Waals surface area contributed by atoms with Crippen molar-refractivity contribution in [2.75, 3.05) is 13.1 Å².